The van der Waals surface area contributed by atoms with Gasteiger partial charge >= 0.3 is 6.03 Å². The first-order valence-electron chi connectivity index (χ1n) is 6.82. The van der Waals surface area contributed by atoms with Crippen LogP contribution in [0, 0.1) is 0 Å². The fourth-order valence-electron chi connectivity index (χ4n) is 2.57. The van der Waals surface area contributed by atoms with Crippen molar-refractivity contribution >= 4 is 35.1 Å². The first-order chi connectivity index (χ1) is 10.5. The summed E-state index contributed by atoms with van der Waals surface area (Å²) in [7, 11) is 0. The molecular formula is C14H14Cl2N2O4. The molecule has 6 nitrogen and oxygen atoms in total. The molecule has 2 heterocycles. The topological polar surface area (TPSA) is 67.9 Å². The molecule has 1 spiro atoms. The Kier molecular flexibility index (Phi) is 4.16. The molecule has 1 aromatic carbocycles. The molecule has 118 valence electrons. The molecule has 0 saturated carbocycles. The first-order valence-corrected chi connectivity index (χ1v) is 7.58. The maximum absolute atomic E-state index is 12.4. The molecule has 8 heteroatoms. The van der Waals surface area contributed by atoms with Gasteiger partial charge in [-0.1, -0.05) is 29.3 Å². The third-order valence-electron chi connectivity index (χ3n) is 3.75. The van der Waals surface area contributed by atoms with Gasteiger partial charge in [0.05, 0.1) is 23.2 Å². The van der Waals surface area contributed by atoms with Crippen molar-refractivity contribution in [2.75, 3.05) is 26.4 Å². The minimum Gasteiger partial charge on any atom is -0.489 e. The lowest BCUT2D eigenvalue weighted by atomic mass is 9.99. The number of ether oxygens (including phenoxy) is 2. The van der Waals surface area contributed by atoms with Crippen molar-refractivity contribution in [2.45, 2.75) is 12.0 Å². The standard InChI is InChI=1S/C14H14Cl2N2O4/c15-9-2-1-3-10(16)11(9)22-7-5-18-12(19)14(17-13(18)20)4-6-21-8-14/h1-3H,4-8H2,(H,17,20)/t14-/m1/s1. The number of halogens is 2. The molecule has 2 aliphatic heterocycles. The molecule has 2 aliphatic rings. The van der Waals surface area contributed by atoms with E-state index in [2.05, 4.69) is 5.32 Å². The second-order valence-corrected chi connectivity index (χ2v) is 5.99. The number of imide groups is 1. The van der Waals surface area contributed by atoms with Crippen molar-refractivity contribution in [3.8, 4) is 5.75 Å². The molecule has 0 aliphatic carbocycles. The van der Waals surface area contributed by atoms with Gasteiger partial charge in [-0.05, 0) is 12.1 Å². The number of rotatable bonds is 4. The summed E-state index contributed by atoms with van der Waals surface area (Å²) in [6.45, 7) is 0.907. The minimum absolute atomic E-state index is 0.111. The lowest BCUT2D eigenvalue weighted by Gasteiger charge is -2.18. The normalized spacial score (nSPS) is 24.2. The summed E-state index contributed by atoms with van der Waals surface area (Å²) < 4.78 is 10.7. The van der Waals surface area contributed by atoms with E-state index >= 15 is 0 Å². The van der Waals surface area contributed by atoms with Gasteiger partial charge in [-0.3, -0.25) is 9.69 Å². The molecule has 3 amide bonds. The Hall–Kier alpha value is -1.50. The number of urea groups is 1. The Labute approximate surface area is 137 Å². The number of hydrogen-bond acceptors (Lipinski definition) is 4. The average Bonchev–Trinajstić information content (AvgIpc) is 3.03. The molecule has 2 fully saturated rings. The number of nitrogens with zero attached hydrogens (tertiary/aromatic N) is 1. The Bertz CT molecular complexity index is 597. The Balaban J connectivity index is 1.62. The van der Waals surface area contributed by atoms with Crippen LogP contribution in [0.1, 0.15) is 6.42 Å². The van der Waals surface area contributed by atoms with Gasteiger partial charge in [-0.25, -0.2) is 4.79 Å². The summed E-state index contributed by atoms with van der Waals surface area (Å²) in [6.07, 6.45) is 0.491. The summed E-state index contributed by atoms with van der Waals surface area (Å²) in [6, 6.07) is 4.59. The van der Waals surface area contributed by atoms with E-state index in [1.807, 2.05) is 0 Å². The fraction of sp³-hybridized carbons (Fsp3) is 0.429. The maximum atomic E-state index is 12.4. The van der Waals surface area contributed by atoms with Gasteiger partial charge in [0.2, 0.25) is 0 Å². The molecule has 2 saturated heterocycles. The van der Waals surface area contributed by atoms with Crippen LogP contribution in [-0.4, -0.2) is 48.7 Å². The van der Waals surface area contributed by atoms with E-state index in [0.29, 0.717) is 28.8 Å². The van der Waals surface area contributed by atoms with Crippen molar-refractivity contribution in [2.24, 2.45) is 0 Å². The number of benzene rings is 1. The minimum atomic E-state index is -0.904. The second kappa shape index (κ2) is 5.95. The van der Waals surface area contributed by atoms with Crippen LogP contribution in [-0.2, 0) is 9.53 Å². The Morgan fingerprint density at radius 3 is 2.68 bits per heavy atom. The fourth-order valence-corrected chi connectivity index (χ4v) is 3.08. The van der Waals surface area contributed by atoms with E-state index in [0.717, 1.165) is 4.90 Å². The Morgan fingerprint density at radius 1 is 1.32 bits per heavy atom. The zero-order valence-electron chi connectivity index (χ0n) is 11.6. The third-order valence-corrected chi connectivity index (χ3v) is 4.34. The molecular weight excluding hydrogens is 331 g/mol. The highest BCUT2D eigenvalue weighted by Gasteiger charge is 2.53. The summed E-state index contributed by atoms with van der Waals surface area (Å²) >= 11 is 12.0. The molecule has 1 aromatic rings. The van der Waals surface area contributed by atoms with Crippen molar-refractivity contribution in [3.05, 3.63) is 28.2 Å². The van der Waals surface area contributed by atoms with Crippen LogP contribution in [0.4, 0.5) is 4.79 Å². The predicted molar refractivity (Wildman–Crippen MR) is 80.4 cm³/mol. The van der Waals surface area contributed by atoms with Crippen LogP contribution in [0.2, 0.25) is 10.0 Å². The zero-order valence-corrected chi connectivity index (χ0v) is 13.1. The van der Waals surface area contributed by atoms with Gasteiger partial charge in [0.1, 0.15) is 12.1 Å². The highest BCUT2D eigenvalue weighted by molar-refractivity contribution is 6.37. The highest BCUT2D eigenvalue weighted by Crippen LogP contribution is 2.32. The number of carbonyl (C=O) groups excluding carboxylic acids is 2. The monoisotopic (exact) mass is 344 g/mol. The van der Waals surface area contributed by atoms with E-state index in [4.69, 9.17) is 32.7 Å². The van der Waals surface area contributed by atoms with Crippen LogP contribution in [0.15, 0.2) is 18.2 Å². The van der Waals surface area contributed by atoms with Gasteiger partial charge in [0.15, 0.2) is 5.75 Å². The number of para-hydroxylation sites is 1. The van der Waals surface area contributed by atoms with Gasteiger partial charge in [-0.2, -0.15) is 0 Å². The second-order valence-electron chi connectivity index (χ2n) is 5.17. The summed E-state index contributed by atoms with van der Waals surface area (Å²) in [5.41, 5.74) is -0.904. The van der Waals surface area contributed by atoms with Crippen LogP contribution in [0.5, 0.6) is 5.75 Å². The quantitative estimate of drug-likeness (QED) is 0.849. The van der Waals surface area contributed by atoms with Gasteiger partial charge in [-0.15, -0.1) is 0 Å². The molecule has 3 rings (SSSR count). The molecule has 1 N–H and O–H groups in total. The molecule has 0 unspecified atom stereocenters. The number of hydrogen-bond donors (Lipinski definition) is 1. The van der Waals surface area contributed by atoms with Gasteiger partial charge < -0.3 is 14.8 Å². The van der Waals surface area contributed by atoms with Crippen molar-refractivity contribution in [1.29, 1.82) is 0 Å². The van der Waals surface area contributed by atoms with E-state index in [1.54, 1.807) is 18.2 Å². The van der Waals surface area contributed by atoms with Crippen molar-refractivity contribution in [1.82, 2.24) is 10.2 Å². The van der Waals surface area contributed by atoms with E-state index in [9.17, 15) is 9.59 Å². The highest BCUT2D eigenvalue weighted by atomic mass is 35.5. The largest absolute Gasteiger partial charge is 0.489 e. The van der Waals surface area contributed by atoms with Crippen LogP contribution >= 0.6 is 23.2 Å². The lowest BCUT2D eigenvalue weighted by molar-refractivity contribution is -0.131. The summed E-state index contributed by atoms with van der Waals surface area (Å²) in [4.78, 5) is 25.5. The summed E-state index contributed by atoms with van der Waals surface area (Å²) in [5.74, 6) is 0.0701. The Morgan fingerprint density at radius 2 is 2.05 bits per heavy atom. The number of amides is 3. The predicted octanol–water partition coefficient (Wildman–Crippen LogP) is 2.08. The number of nitrogens with one attached hydrogen (secondary N) is 1. The average molecular weight is 345 g/mol. The summed E-state index contributed by atoms with van der Waals surface area (Å²) in [5, 5.41) is 3.47. The van der Waals surface area contributed by atoms with Crippen molar-refractivity contribution in [3.63, 3.8) is 0 Å². The van der Waals surface area contributed by atoms with Gasteiger partial charge in [0, 0.05) is 13.0 Å². The molecule has 0 aromatic heterocycles. The van der Waals surface area contributed by atoms with Gasteiger partial charge in [0.25, 0.3) is 5.91 Å². The molecule has 0 radical (unpaired) electrons. The first kappa shape index (κ1) is 15.4. The molecule has 0 bridgehead atoms. The maximum Gasteiger partial charge on any atom is 0.325 e. The van der Waals surface area contributed by atoms with E-state index < -0.39 is 11.6 Å². The number of carbonyl (C=O) groups is 2. The lowest BCUT2D eigenvalue weighted by Crippen LogP contribution is -2.47. The SMILES string of the molecule is O=C1N[C@@]2(CCOC2)C(=O)N1CCOc1c(Cl)cccc1Cl. The van der Waals surface area contributed by atoms with Crippen LogP contribution < -0.4 is 10.1 Å². The van der Waals surface area contributed by atoms with E-state index in [1.165, 1.54) is 0 Å². The van der Waals surface area contributed by atoms with Crippen LogP contribution in [0.25, 0.3) is 0 Å². The smallest absolute Gasteiger partial charge is 0.325 e. The van der Waals surface area contributed by atoms with Crippen LogP contribution in [0.3, 0.4) is 0 Å². The third kappa shape index (κ3) is 2.62. The van der Waals surface area contributed by atoms with Crippen molar-refractivity contribution < 1.29 is 19.1 Å². The molecule has 1 atom stereocenters. The molecule has 22 heavy (non-hydrogen) atoms. The zero-order chi connectivity index (χ0) is 15.7. The van der Waals surface area contributed by atoms with E-state index in [-0.39, 0.29) is 25.7 Å².